The van der Waals surface area contributed by atoms with Crippen molar-refractivity contribution in [1.29, 1.82) is 0 Å². The quantitative estimate of drug-likeness (QED) is 0.820. The van der Waals surface area contributed by atoms with Gasteiger partial charge in [0.15, 0.2) is 0 Å². The minimum absolute atomic E-state index is 0.0603. The molecular weight excluding hydrogens is 248 g/mol. The van der Waals surface area contributed by atoms with Gasteiger partial charge < -0.3 is 19.7 Å². The second-order valence-electron chi connectivity index (χ2n) is 4.79. The van der Waals surface area contributed by atoms with Crippen LogP contribution >= 0.6 is 0 Å². The van der Waals surface area contributed by atoms with Crippen molar-refractivity contribution in [1.82, 2.24) is 10.2 Å². The Labute approximate surface area is 111 Å². The first-order valence-corrected chi connectivity index (χ1v) is 6.28. The van der Waals surface area contributed by atoms with Gasteiger partial charge in [-0.1, -0.05) is 0 Å². The minimum Gasteiger partial charge on any atom is -0.466 e. The Morgan fingerprint density at radius 3 is 2.79 bits per heavy atom. The molecule has 19 heavy (non-hydrogen) atoms. The molecule has 0 spiro atoms. The van der Waals surface area contributed by atoms with Crippen molar-refractivity contribution in [3.05, 3.63) is 23.2 Å². The summed E-state index contributed by atoms with van der Waals surface area (Å²) in [7, 11) is 0. The molecule has 6 nitrogen and oxygen atoms in total. The highest BCUT2D eigenvalue weighted by Gasteiger charge is 2.24. The van der Waals surface area contributed by atoms with Gasteiger partial charge in [-0.2, -0.15) is 0 Å². The monoisotopic (exact) mass is 266 g/mol. The molecule has 2 N–H and O–H groups in total. The van der Waals surface area contributed by atoms with E-state index in [4.69, 9.17) is 4.42 Å². The number of carbonyl (C=O) groups is 2. The number of hydrogen-bond acceptors (Lipinski definition) is 4. The summed E-state index contributed by atoms with van der Waals surface area (Å²) >= 11 is 0. The summed E-state index contributed by atoms with van der Waals surface area (Å²) in [6.07, 6.45) is 0.151. The standard InChI is InChI=1S/C13H18N2O4/c1-8-5-11(9(2)19-8)13(18)14-6-12(17)15-4-3-10(16)7-15/h5,10,16H,3-4,6-7H2,1-2H3,(H,14,18)/t10-/m1/s1. The van der Waals surface area contributed by atoms with Crippen LogP contribution in [-0.2, 0) is 4.79 Å². The van der Waals surface area contributed by atoms with Gasteiger partial charge in [-0.05, 0) is 26.3 Å². The van der Waals surface area contributed by atoms with Gasteiger partial charge in [0, 0.05) is 13.1 Å². The normalized spacial score (nSPS) is 18.7. The molecule has 1 aromatic heterocycles. The van der Waals surface area contributed by atoms with Gasteiger partial charge in [0.25, 0.3) is 5.91 Å². The van der Waals surface area contributed by atoms with Gasteiger partial charge in [-0.25, -0.2) is 0 Å². The Morgan fingerprint density at radius 2 is 2.26 bits per heavy atom. The molecule has 2 heterocycles. The highest BCUT2D eigenvalue weighted by Crippen LogP contribution is 2.13. The van der Waals surface area contributed by atoms with Crippen molar-refractivity contribution in [2.24, 2.45) is 0 Å². The van der Waals surface area contributed by atoms with Gasteiger partial charge in [-0.15, -0.1) is 0 Å². The number of furan rings is 1. The summed E-state index contributed by atoms with van der Waals surface area (Å²) in [5, 5.41) is 11.9. The van der Waals surface area contributed by atoms with Crippen molar-refractivity contribution in [2.45, 2.75) is 26.4 Å². The van der Waals surface area contributed by atoms with Crippen molar-refractivity contribution in [2.75, 3.05) is 19.6 Å². The molecule has 0 aromatic carbocycles. The zero-order valence-corrected chi connectivity index (χ0v) is 11.1. The van der Waals surface area contributed by atoms with E-state index in [1.54, 1.807) is 24.8 Å². The number of aliphatic hydroxyl groups is 1. The van der Waals surface area contributed by atoms with E-state index in [-0.39, 0.29) is 18.4 Å². The minimum atomic E-state index is -0.446. The van der Waals surface area contributed by atoms with Crippen LogP contribution in [0.3, 0.4) is 0 Å². The Balaban J connectivity index is 1.87. The Kier molecular flexibility index (Phi) is 3.90. The van der Waals surface area contributed by atoms with Crippen molar-refractivity contribution in [3.63, 3.8) is 0 Å². The fraction of sp³-hybridized carbons (Fsp3) is 0.538. The Morgan fingerprint density at radius 1 is 1.53 bits per heavy atom. The van der Waals surface area contributed by atoms with Crippen LogP contribution in [0.2, 0.25) is 0 Å². The number of aliphatic hydroxyl groups excluding tert-OH is 1. The molecule has 0 bridgehead atoms. The first kappa shape index (κ1) is 13.6. The molecule has 1 fully saturated rings. The van der Waals surface area contributed by atoms with Crippen LogP contribution in [0.4, 0.5) is 0 Å². The van der Waals surface area contributed by atoms with Gasteiger partial charge in [0.05, 0.1) is 18.2 Å². The lowest BCUT2D eigenvalue weighted by Crippen LogP contribution is -2.39. The largest absolute Gasteiger partial charge is 0.466 e. The molecule has 1 aliphatic heterocycles. The molecule has 1 atom stereocenters. The van der Waals surface area contributed by atoms with E-state index >= 15 is 0 Å². The molecule has 6 heteroatoms. The molecule has 0 radical (unpaired) electrons. The molecule has 2 amide bonds. The van der Waals surface area contributed by atoms with E-state index in [0.29, 0.717) is 36.6 Å². The molecular formula is C13H18N2O4. The predicted molar refractivity (Wildman–Crippen MR) is 67.7 cm³/mol. The maximum atomic E-state index is 11.9. The number of nitrogens with zero attached hydrogens (tertiary/aromatic N) is 1. The van der Waals surface area contributed by atoms with E-state index in [1.165, 1.54) is 0 Å². The van der Waals surface area contributed by atoms with Gasteiger partial charge >= 0.3 is 0 Å². The second-order valence-corrected chi connectivity index (χ2v) is 4.79. The van der Waals surface area contributed by atoms with Crippen LogP contribution in [0.1, 0.15) is 28.3 Å². The zero-order chi connectivity index (χ0) is 14.0. The number of nitrogens with one attached hydrogen (secondary N) is 1. The number of carbonyl (C=O) groups excluding carboxylic acids is 2. The fourth-order valence-corrected chi connectivity index (χ4v) is 2.19. The summed E-state index contributed by atoms with van der Waals surface area (Å²) in [6, 6.07) is 1.65. The Bertz CT molecular complexity index is 495. The molecule has 0 unspecified atom stereocenters. The van der Waals surface area contributed by atoms with Crippen molar-refractivity contribution in [3.8, 4) is 0 Å². The second kappa shape index (κ2) is 5.44. The van der Waals surface area contributed by atoms with Crippen LogP contribution < -0.4 is 5.32 Å². The SMILES string of the molecule is Cc1cc(C(=O)NCC(=O)N2CC[C@@H](O)C2)c(C)o1. The van der Waals surface area contributed by atoms with Crippen LogP contribution in [0.25, 0.3) is 0 Å². The number of hydrogen-bond donors (Lipinski definition) is 2. The average Bonchev–Trinajstić information content (AvgIpc) is 2.92. The third kappa shape index (κ3) is 3.14. The van der Waals surface area contributed by atoms with Gasteiger partial charge in [0.1, 0.15) is 11.5 Å². The number of aryl methyl sites for hydroxylation is 2. The van der Waals surface area contributed by atoms with Crippen LogP contribution in [0.5, 0.6) is 0 Å². The van der Waals surface area contributed by atoms with Crippen LogP contribution in [-0.4, -0.2) is 47.6 Å². The van der Waals surface area contributed by atoms with E-state index in [9.17, 15) is 14.7 Å². The smallest absolute Gasteiger partial charge is 0.255 e. The third-order valence-corrected chi connectivity index (χ3v) is 3.20. The summed E-state index contributed by atoms with van der Waals surface area (Å²) in [5.74, 6) is 0.709. The number of β-amino-alcohol motifs (C(OH)–C–C–N with tert-alkyl or cyclic N) is 1. The van der Waals surface area contributed by atoms with Crippen molar-refractivity contribution >= 4 is 11.8 Å². The fourth-order valence-electron chi connectivity index (χ4n) is 2.19. The van der Waals surface area contributed by atoms with E-state index < -0.39 is 6.10 Å². The third-order valence-electron chi connectivity index (χ3n) is 3.20. The number of likely N-dealkylation sites (tertiary alicyclic amines) is 1. The number of amides is 2. The molecule has 2 rings (SSSR count). The first-order valence-electron chi connectivity index (χ1n) is 6.28. The maximum absolute atomic E-state index is 11.9. The highest BCUT2D eigenvalue weighted by molar-refractivity contribution is 5.97. The lowest BCUT2D eigenvalue weighted by molar-refractivity contribution is -0.129. The predicted octanol–water partition coefficient (Wildman–Crippen LogP) is 0.219. The molecule has 0 aliphatic carbocycles. The molecule has 1 saturated heterocycles. The number of rotatable bonds is 3. The summed E-state index contributed by atoms with van der Waals surface area (Å²) in [6.45, 7) is 4.30. The lowest BCUT2D eigenvalue weighted by atomic mass is 10.2. The van der Waals surface area contributed by atoms with Crippen molar-refractivity contribution < 1.29 is 19.1 Å². The van der Waals surface area contributed by atoms with Crippen LogP contribution in [0, 0.1) is 13.8 Å². The lowest BCUT2D eigenvalue weighted by Gasteiger charge is -2.15. The first-order chi connectivity index (χ1) is 8.97. The molecule has 104 valence electrons. The van der Waals surface area contributed by atoms with Crippen LogP contribution in [0.15, 0.2) is 10.5 Å². The summed E-state index contributed by atoms with van der Waals surface area (Å²) in [5.41, 5.74) is 0.451. The maximum Gasteiger partial charge on any atom is 0.255 e. The molecule has 0 saturated carbocycles. The summed E-state index contributed by atoms with van der Waals surface area (Å²) < 4.78 is 5.27. The average molecular weight is 266 g/mol. The molecule has 1 aromatic rings. The van der Waals surface area contributed by atoms with E-state index in [0.717, 1.165) is 0 Å². The van der Waals surface area contributed by atoms with E-state index in [2.05, 4.69) is 5.32 Å². The topological polar surface area (TPSA) is 82.8 Å². The Hall–Kier alpha value is -1.82. The van der Waals surface area contributed by atoms with Gasteiger partial charge in [0.2, 0.25) is 5.91 Å². The molecule has 1 aliphatic rings. The zero-order valence-electron chi connectivity index (χ0n) is 11.1. The van der Waals surface area contributed by atoms with Gasteiger partial charge in [-0.3, -0.25) is 9.59 Å². The van der Waals surface area contributed by atoms with E-state index in [1.807, 2.05) is 0 Å². The highest BCUT2D eigenvalue weighted by atomic mass is 16.3. The summed E-state index contributed by atoms with van der Waals surface area (Å²) in [4.78, 5) is 25.2.